The number of hydrogen-bond acceptors (Lipinski definition) is 3. The van der Waals surface area contributed by atoms with Crippen molar-refractivity contribution in [1.29, 1.82) is 0 Å². The van der Waals surface area contributed by atoms with Gasteiger partial charge in [-0.15, -0.1) is 0 Å². The molecule has 0 saturated carbocycles. The number of hydrogen-bond donors (Lipinski definition) is 1. The molecule has 0 spiro atoms. The van der Waals surface area contributed by atoms with Crippen molar-refractivity contribution in [2.75, 3.05) is 25.5 Å². The van der Waals surface area contributed by atoms with Gasteiger partial charge in [0, 0.05) is 36.7 Å². The predicted octanol–water partition coefficient (Wildman–Crippen LogP) is 3.16. The first-order valence-corrected chi connectivity index (χ1v) is 7.57. The number of pyridine rings is 1. The maximum Gasteiger partial charge on any atom is 0.241 e. The maximum absolute atomic E-state index is 12.2. The highest BCUT2D eigenvalue weighted by atomic mass is 35.5. The minimum atomic E-state index is 0.0495. The number of carbonyl (C=O) groups is 1. The highest BCUT2D eigenvalue weighted by Gasteiger charge is 2.09. The third kappa shape index (κ3) is 4.46. The molecule has 1 aromatic carbocycles. The first kappa shape index (κ1) is 16.3. The van der Waals surface area contributed by atoms with E-state index in [0.717, 1.165) is 17.7 Å². The monoisotopic (exact) mass is 317 g/mol. The van der Waals surface area contributed by atoms with Crippen LogP contribution < -0.4 is 5.32 Å². The number of likely N-dealkylation sites (N-methyl/N-ethyl adjacent to an activating group) is 1. The van der Waals surface area contributed by atoms with Crippen LogP contribution in [0.25, 0.3) is 0 Å². The smallest absolute Gasteiger partial charge is 0.241 e. The van der Waals surface area contributed by atoms with Gasteiger partial charge in [0.1, 0.15) is 0 Å². The number of anilines is 1. The molecule has 1 heterocycles. The Morgan fingerprint density at radius 3 is 2.73 bits per heavy atom. The quantitative estimate of drug-likeness (QED) is 0.890. The Kier molecular flexibility index (Phi) is 5.78. The van der Waals surface area contributed by atoms with E-state index < -0.39 is 0 Å². The molecule has 22 heavy (non-hydrogen) atoms. The normalized spacial score (nSPS) is 10.3. The Bertz CT molecular complexity index is 631. The lowest BCUT2D eigenvalue weighted by Gasteiger charge is -2.18. The van der Waals surface area contributed by atoms with E-state index in [1.54, 1.807) is 17.3 Å². The van der Waals surface area contributed by atoms with Crippen molar-refractivity contribution in [3.05, 3.63) is 58.9 Å². The molecule has 2 aromatic rings. The molecular weight excluding hydrogens is 298 g/mol. The molecule has 4 nitrogen and oxygen atoms in total. The molecule has 0 radical (unpaired) electrons. The van der Waals surface area contributed by atoms with Crippen LogP contribution in [-0.4, -0.2) is 35.9 Å². The van der Waals surface area contributed by atoms with Crippen LogP contribution in [0.2, 0.25) is 5.02 Å². The standard InChI is InChI=1S/C17H20ClN3O/c1-13-15(18)4-3-5-16(13)20-12-17(22)21(2)11-8-14-6-9-19-10-7-14/h3-7,9-10,20H,8,11-12H2,1-2H3. The minimum Gasteiger partial charge on any atom is -0.376 e. The molecule has 1 N–H and O–H groups in total. The van der Waals surface area contributed by atoms with Crippen LogP contribution in [0, 0.1) is 6.92 Å². The van der Waals surface area contributed by atoms with E-state index in [-0.39, 0.29) is 12.5 Å². The average molecular weight is 318 g/mol. The first-order chi connectivity index (χ1) is 10.6. The third-order valence-corrected chi connectivity index (χ3v) is 4.02. The van der Waals surface area contributed by atoms with Gasteiger partial charge >= 0.3 is 0 Å². The van der Waals surface area contributed by atoms with E-state index in [9.17, 15) is 4.79 Å². The summed E-state index contributed by atoms with van der Waals surface area (Å²) in [6, 6.07) is 9.56. The molecular formula is C17H20ClN3O. The van der Waals surface area contributed by atoms with Crippen molar-refractivity contribution in [1.82, 2.24) is 9.88 Å². The van der Waals surface area contributed by atoms with Crippen LogP contribution in [0.1, 0.15) is 11.1 Å². The summed E-state index contributed by atoms with van der Waals surface area (Å²) in [5.74, 6) is 0.0495. The number of benzene rings is 1. The van der Waals surface area contributed by atoms with E-state index in [2.05, 4.69) is 10.3 Å². The lowest BCUT2D eigenvalue weighted by Crippen LogP contribution is -2.33. The van der Waals surface area contributed by atoms with Crippen molar-refractivity contribution in [3.8, 4) is 0 Å². The Morgan fingerprint density at radius 2 is 2.00 bits per heavy atom. The van der Waals surface area contributed by atoms with Crippen molar-refractivity contribution in [2.24, 2.45) is 0 Å². The largest absolute Gasteiger partial charge is 0.376 e. The fourth-order valence-corrected chi connectivity index (χ4v) is 2.25. The van der Waals surface area contributed by atoms with Gasteiger partial charge in [-0.25, -0.2) is 0 Å². The summed E-state index contributed by atoms with van der Waals surface area (Å²) in [5, 5.41) is 3.84. The number of carbonyl (C=O) groups excluding carboxylic acids is 1. The number of aromatic nitrogens is 1. The fourth-order valence-electron chi connectivity index (χ4n) is 2.08. The molecule has 0 aliphatic heterocycles. The lowest BCUT2D eigenvalue weighted by molar-refractivity contribution is -0.127. The number of nitrogens with one attached hydrogen (secondary N) is 1. The minimum absolute atomic E-state index is 0.0495. The van der Waals surface area contributed by atoms with Gasteiger partial charge in [0.05, 0.1) is 6.54 Å². The Labute approximate surface area is 136 Å². The zero-order chi connectivity index (χ0) is 15.9. The molecule has 0 aliphatic rings. The molecule has 0 saturated heterocycles. The molecule has 0 aliphatic carbocycles. The van der Waals surface area contributed by atoms with E-state index in [1.807, 2.05) is 44.3 Å². The number of amides is 1. The molecule has 1 amide bonds. The van der Waals surface area contributed by atoms with Crippen LogP contribution in [-0.2, 0) is 11.2 Å². The summed E-state index contributed by atoms with van der Waals surface area (Å²) in [6.45, 7) is 2.87. The fraction of sp³-hybridized carbons (Fsp3) is 0.294. The van der Waals surface area contributed by atoms with Crippen LogP contribution in [0.5, 0.6) is 0 Å². The first-order valence-electron chi connectivity index (χ1n) is 7.20. The third-order valence-electron chi connectivity index (χ3n) is 3.61. The summed E-state index contributed by atoms with van der Waals surface area (Å²) in [6.07, 6.45) is 4.35. The van der Waals surface area contributed by atoms with Crippen LogP contribution >= 0.6 is 11.6 Å². The molecule has 0 atom stereocenters. The van der Waals surface area contributed by atoms with Crippen molar-refractivity contribution >= 4 is 23.2 Å². The van der Waals surface area contributed by atoms with E-state index in [4.69, 9.17) is 11.6 Å². The summed E-state index contributed by atoms with van der Waals surface area (Å²) in [5.41, 5.74) is 3.02. The van der Waals surface area contributed by atoms with Crippen LogP contribution in [0.4, 0.5) is 5.69 Å². The molecule has 0 bridgehead atoms. The lowest BCUT2D eigenvalue weighted by atomic mass is 10.2. The van der Waals surface area contributed by atoms with Gasteiger partial charge in [-0.1, -0.05) is 17.7 Å². The zero-order valence-corrected chi connectivity index (χ0v) is 13.6. The highest BCUT2D eigenvalue weighted by molar-refractivity contribution is 6.31. The zero-order valence-electron chi connectivity index (χ0n) is 12.8. The van der Waals surface area contributed by atoms with E-state index >= 15 is 0 Å². The van der Waals surface area contributed by atoms with Crippen molar-refractivity contribution < 1.29 is 4.79 Å². The summed E-state index contributed by atoms with van der Waals surface area (Å²) in [4.78, 5) is 17.9. The van der Waals surface area contributed by atoms with Crippen LogP contribution in [0.3, 0.4) is 0 Å². The van der Waals surface area contributed by atoms with Gasteiger partial charge in [0.15, 0.2) is 0 Å². The van der Waals surface area contributed by atoms with Gasteiger partial charge in [0.2, 0.25) is 5.91 Å². The Morgan fingerprint density at radius 1 is 1.27 bits per heavy atom. The summed E-state index contributed by atoms with van der Waals surface area (Å²) >= 11 is 6.07. The highest BCUT2D eigenvalue weighted by Crippen LogP contribution is 2.22. The van der Waals surface area contributed by atoms with Crippen molar-refractivity contribution in [3.63, 3.8) is 0 Å². The summed E-state index contributed by atoms with van der Waals surface area (Å²) < 4.78 is 0. The number of nitrogens with zero attached hydrogens (tertiary/aromatic N) is 2. The number of rotatable bonds is 6. The van der Waals surface area contributed by atoms with Crippen molar-refractivity contribution in [2.45, 2.75) is 13.3 Å². The second-order valence-corrected chi connectivity index (χ2v) is 5.59. The van der Waals surface area contributed by atoms with Gasteiger partial charge in [-0.3, -0.25) is 9.78 Å². The van der Waals surface area contributed by atoms with E-state index in [0.29, 0.717) is 11.6 Å². The van der Waals surface area contributed by atoms with Gasteiger partial charge in [0.25, 0.3) is 0 Å². The Balaban J connectivity index is 1.82. The molecule has 5 heteroatoms. The van der Waals surface area contributed by atoms with Crippen LogP contribution in [0.15, 0.2) is 42.7 Å². The second-order valence-electron chi connectivity index (χ2n) is 5.19. The SMILES string of the molecule is Cc1c(Cl)cccc1NCC(=O)N(C)CCc1ccncc1. The topological polar surface area (TPSA) is 45.2 Å². The maximum atomic E-state index is 12.2. The summed E-state index contributed by atoms with van der Waals surface area (Å²) in [7, 11) is 1.82. The average Bonchev–Trinajstić information content (AvgIpc) is 2.54. The predicted molar refractivity (Wildman–Crippen MR) is 90.3 cm³/mol. The molecule has 116 valence electrons. The molecule has 0 unspecified atom stereocenters. The van der Waals surface area contributed by atoms with Gasteiger partial charge < -0.3 is 10.2 Å². The van der Waals surface area contributed by atoms with Gasteiger partial charge in [-0.05, 0) is 48.7 Å². The molecule has 0 fully saturated rings. The molecule has 1 aromatic heterocycles. The second kappa shape index (κ2) is 7.80. The number of halogens is 1. The molecule has 2 rings (SSSR count). The Hall–Kier alpha value is -2.07. The van der Waals surface area contributed by atoms with E-state index in [1.165, 1.54) is 5.56 Å². The van der Waals surface area contributed by atoms with Gasteiger partial charge in [-0.2, -0.15) is 0 Å².